The fourth-order valence-corrected chi connectivity index (χ4v) is 1.88. The van der Waals surface area contributed by atoms with Gasteiger partial charge in [-0.25, -0.2) is 0 Å². The molecule has 0 bridgehead atoms. The van der Waals surface area contributed by atoms with Gasteiger partial charge in [-0.3, -0.25) is 0 Å². The Hall–Kier alpha value is 0.350. The molecule has 9 heavy (non-hydrogen) atoms. The zero-order chi connectivity index (χ0) is 6.85. The summed E-state index contributed by atoms with van der Waals surface area (Å²) in [7, 11) is 0. The molecule has 0 heterocycles. The molecule has 0 radical (unpaired) electrons. The molecule has 0 N–H and O–H groups in total. The molecule has 1 aliphatic rings. The average molecular weight is 144 g/mol. The van der Waals surface area contributed by atoms with Crippen LogP contribution in [0.15, 0.2) is 0 Å². The van der Waals surface area contributed by atoms with Crippen molar-refractivity contribution in [3.8, 4) is 0 Å². The van der Waals surface area contributed by atoms with Crippen LogP contribution < -0.4 is 0 Å². The minimum absolute atomic E-state index is 0.690. The zero-order valence-electron chi connectivity index (χ0n) is 6.30. The second-order valence-electron chi connectivity index (χ2n) is 3.04. The molecule has 1 heteroatoms. The van der Waals surface area contributed by atoms with E-state index in [4.69, 9.17) is 0 Å². The quantitative estimate of drug-likeness (QED) is 0.578. The van der Waals surface area contributed by atoms with E-state index in [1.807, 2.05) is 0 Å². The Balaban J connectivity index is 2.17. The first kappa shape index (κ1) is 7.46. The molecule has 0 aromatic heterocycles. The highest BCUT2D eigenvalue weighted by atomic mass is 32.1. The van der Waals surface area contributed by atoms with Crippen LogP contribution in [0, 0.1) is 11.8 Å². The molecule has 54 valence electrons. The Labute approximate surface area is 63.4 Å². The molecule has 1 aliphatic carbocycles. The molecule has 1 fully saturated rings. The van der Waals surface area contributed by atoms with Gasteiger partial charge >= 0.3 is 0 Å². The zero-order valence-corrected chi connectivity index (χ0v) is 7.20. The third-order valence-electron chi connectivity index (χ3n) is 2.41. The maximum Gasteiger partial charge on any atom is 0.00452 e. The maximum absolute atomic E-state index is 4.50. The number of thiol groups is 1. The van der Waals surface area contributed by atoms with Crippen molar-refractivity contribution >= 4 is 12.6 Å². The van der Waals surface area contributed by atoms with Crippen LogP contribution >= 0.6 is 12.6 Å². The minimum atomic E-state index is 0.690. The first-order valence-corrected chi connectivity index (χ1v) is 4.49. The molecule has 0 amide bonds. The summed E-state index contributed by atoms with van der Waals surface area (Å²) >= 11 is 4.50. The van der Waals surface area contributed by atoms with Gasteiger partial charge in [0.1, 0.15) is 0 Å². The Morgan fingerprint density at radius 2 is 2.22 bits per heavy atom. The molecular weight excluding hydrogens is 128 g/mol. The third-order valence-corrected chi connectivity index (χ3v) is 3.16. The van der Waals surface area contributed by atoms with E-state index >= 15 is 0 Å². The number of hydrogen-bond donors (Lipinski definition) is 1. The van der Waals surface area contributed by atoms with Crippen molar-refractivity contribution in [1.82, 2.24) is 0 Å². The van der Waals surface area contributed by atoms with E-state index in [-0.39, 0.29) is 0 Å². The van der Waals surface area contributed by atoms with Gasteiger partial charge < -0.3 is 0 Å². The normalized spacial score (nSPS) is 36.3. The van der Waals surface area contributed by atoms with Crippen LogP contribution in [-0.4, -0.2) is 5.25 Å². The maximum atomic E-state index is 4.50. The van der Waals surface area contributed by atoms with E-state index in [0.717, 1.165) is 11.8 Å². The van der Waals surface area contributed by atoms with Crippen LogP contribution in [0.3, 0.4) is 0 Å². The van der Waals surface area contributed by atoms with Gasteiger partial charge in [-0.2, -0.15) is 12.6 Å². The van der Waals surface area contributed by atoms with Gasteiger partial charge in [-0.05, 0) is 24.7 Å². The van der Waals surface area contributed by atoms with Crippen LogP contribution in [0.5, 0.6) is 0 Å². The Bertz CT molecular complexity index is 90.6. The second-order valence-corrected chi connectivity index (χ2v) is 3.71. The van der Waals surface area contributed by atoms with Gasteiger partial charge in [0.15, 0.2) is 0 Å². The third kappa shape index (κ3) is 1.64. The first-order valence-electron chi connectivity index (χ1n) is 3.97. The van der Waals surface area contributed by atoms with Crippen LogP contribution in [-0.2, 0) is 0 Å². The van der Waals surface area contributed by atoms with E-state index in [1.54, 1.807) is 0 Å². The summed E-state index contributed by atoms with van der Waals surface area (Å²) in [6.07, 6.45) is 4.05. The van der Waals surface area contributed by atoms with Crippen molar-refractivity contribution < 1.29 is 0 Å². The summed E-state index contributed by atoms with van der Waals surface area (Å²) in [5.74, 6) is 1.98. The standard InChI is InChI=1S/C8H16S/c1-3-6-5-7(6)8(9)4-2/h6-9H,3-5H2,1-2H3. The topological polar surface area (TPSA) is 0 Å². The predicted molar refractivity (Wildman–Crippen MR) is 45.0 cm³/mol. The number of hydrogen-bond acceptors (Lipinski definition) is 1. The molecule has 0 aliphatic heterocycles. The fraction of sp³-hybridized carbons (Fsp3) is 1.00. The summed E-state index contributed by atoms with van der Waals surface area (Å²) in [6, 6.07) is 0. The molecule has 1 saturated carbocycles. The van der Waals surface area contributed by atoms with E-state index < -0.39 is 0 Å². The smallest absolute Gasteiger partial charge is 0.00452 e. The van der Waals surface area contributed by atoms with Crippen LogP contribution in [0.4, 0.5) is 0 Å². The Kier molecular flexibility index (Phi) is 2.45. The number of rotatable bonds is 3. The van der Waals surface area contributed by atoms with Crippen molar-refractivity contribution in [3.63, 3.8) is 0 Å². The van der Waals surface area contributed by atoms with Crippen molar-refractivity contribution in [2.75, 3.05) is 0 Å². The highest BCUT2D eigenvalue weighted by Crippen LogP contribution is 2.46. The molecular formula is C8H16S. The monoisotopic (exact) mass is 144 g/mol. The highest BCUT2D eigenvalue weighted by Gasteiger charge is 2.38. The van der Waals surface area contributed by atoms with Crippen LogP contribution in [0.2, 0.25) is 0 Å². The van der Waals surface area contributed by atoms with Gasteiger partial charge in [-0.1, -0.05) is 20.3 Å². The predicted octanol–water partition coefficient (Wildman–Crippen LogP) is 2.74. The van der Waals surface area contributed by atoms with Crippen LogP contribution in [0.1, 0.15) is 33.1 Å². The van der Waals surface area contributed by atoms with Gasteiger partial charge in [0.2, 0.25) is 0 Å². The first-order chi connectivity index (χ1) is 4.29. The molecule has 0 saturated heterocycles. The largest absolute Gasteiger partial charge is 0.176 e. The molecule has 0 nitrogen and oxygen atoms in total. The fourth-order valence-electron chi connectivity index (χ4n) is 1.51. The lowest BCUT2D eigenvalue weighted by Crippen LogP contribution is -2.00. The summed E-state index contributed by atoms with van der Waals surface area (Å²) in [5, 5.41) is 0.690. The van der Waals surface area contributed by atoms with Crippen molar-refractivity contribution in [2.24, 2.45) is 11.8 Å². The molecule has 0 aromatic carbocycles. The summed E-state index contributed by atoms with van der Waals surface area (Å²) in [4.78, 5) is 0. The Morgan fingerprint density at radius 1 is 1.56 bits per heavy atom. The average Bonchev–Trinajstić information content (AvgIpc) is 2.64. The SMILES string of the molecule is CCC(S)C1CC1CC. The van der Waals surface area contributed by atoms with Gasteiger partial charge in [-0.15, -0.1) is 0 Å². The summed E-state index contributed by atoms with van der Waals surface area (Å²) < 4.78 is 0. The lowest BCUT2D eigenvalue weighted by atomic mass is 10.2. The lowest BCUT2D eigenvalue weighted by molar-refractivity contribution is 0.638. The molecule has 3 unspecified atom stereocenters. The molecule has 1 rings (SSSR count). The van der Waals surface area contributed by atoms with E-state index in [2.05, 4.69) is 26.5 Å². The molecule has 0 aromatic rings. The summed E-state index contributed by atoms with van der Waals surface area (Å²) in [6.45, 7) is 4.50. The van der Waals surface area contributed by atoms with Crippen molar-refractivity contribution in [1.29, 1.82) is 0 Å². The van der Waals surface area contributed by atoms with E-state index in [9.17, 15) is 0 Å². The van der Waals surface area contributed by atoms with Gasteiger partial charge in [0, 0.05) is 5.25 Å². The lowest BCUT2D eigenvalue weighted by Gasteiger charge is -2.04. The minimum Gasteiger partial charge on any atom is -0.176 e. The molecule has 3 atom stereocenters. The summed E-state index contributed by atoms with van der Waals surface area (Å²) in [5.41, 5.74) is 0. The van der Waals surface area contributed by atoms with E-state index in [0.29, 0.717) is 5.25 Å². The van der Waals surface area contributed by atoms with Gasteiger partial charge in [0.25, 0.3) is 0 Å². The highest BCUT2D eigenvalue weighted by molar-refractivity contribution is 7.81. The van der Waals surface area contributed by atoms with Gasteiger partial charge in [0.05, 0.1) is 0 Å². The molecule has 0 spiro atoms. The Morgan fingerprint density at radius 3 is 2.56 bits per heavy atom. The second kappa shape index (κ2) is 2.96. The van der Waals surface area contributed by atoms with Crippen molar-refractivity contribution in [2.45, 2.75) is 38.4 Å². The van der Waals surface area contributed by atoms with E-state index in [1.165, 1.54) is 19.3 Å². The van der Waals surface area contributed by atoms with Crippen molar-refractivity contribution in [3.05, 3.63) is 0 Å². The van der Waals surface area contributed by atoms with Crippen LogP contribution in [0.25, 0.3) is 0 Å².